The van der Waals surface area contributed by atoms with Crippen LogP contribution in [0.3, 0.4) is 0 Å². The summed E-state index contributed by atoms with van der Waals surface area (Å²) in [5.41, 5.74) is 2.21. The third-order valence-electron chi connectivity index (χ3n) is 2.42. The van der Waals surface area contributed by atoms with Crippen LogP contribution in [0.15, 0.2) is 18.2 Å². The Morgan fingerprint density at radius 1 is 1.50 bits per heavy atom. The Labute approximate surface area is 71.8 Å². The molecule has 0 saturated heterocycles. The average molecular weight is 164 g/mol. The predicted octanol–water partition coefficient (Wildman–Crippen LogP) is 1.67. The van der Waals surface area contributed by atoms with Crippen LogP contribution in [0, 0.1) is 0 Å². The second kappa shape index (κ2) is 2.79. The van der Waals surface area contributed by atoms with Gasteiger partial charge in [0.05, 0.1) is 13.2 Å². The molecule has 0 spiro atoms. The van der Waals surface area contributed by atoms with E-state index in [1.54, 1.807) is 7.11 Å². The van der Waals surface area contributed by atoms with E-state index < -0.39 is 0 Å². The molecule has 64 valence electrons. The Morgan fingerprint density at radius 3 is 3.08 bits per heavy atom. The number of benzene rings is 1. The molecule has 1 aromatic carbocycles. The molecule has 0 aliphatic heterocycles. The predicted molar refractivity (Wildman–Crippen MR) is 46.3 cm³/mol. The average Bonchev–Trinajstić information content (AvgIpc) is 2.48. The maximum absolute atomic E-state index is 9.55. The van der Waals surface area contributed by atoms with Crippen LogP contribution in [0.2, 0.25) is 0 Å². The first-order valence-corrected chi connectivity index (χ1v) is 4.17. The van der Waals surface area contributed by atoms with Gasteiger partial charge in [0, 0.05) is 0 Å². The van der Waals surface area contributed by atoms with Crippen LogP contribution in [0.1, 0.15) is 23.7 Å². The van der Waals surface area contributed by atoms with E-state index in [9.17, 15) is 5.11 Å². The van der Waals surface area contributed by atoms with Crippen molar-refractivity contribution in [1.29, 1.82) is 0 Å². The molecule has 1 atom stereocenters. The summed E-state index contributed by atoms with van der Waals surface area (Å²) in [5.74, 6) is 0.907. The minimum absolute atomic E-state index is 0.282. The largest absolute Gasteiger partial charge is 0.496 e. The van der Waals surface area contributed by atoms with E-state index >= 15 is 0 Å². The van der Waals surface area contributed by atoms with E-state index in [2.05, 4.69) is 0 Å². The minimum Gasteiger partial charge on any atom is -0.496 e. The highest BCUT2D eigenvalue weighted by atomic mass is 16.5. The third-order valence-corrected chi connectivity index (χ3v) is 2.42. The minimum atomic E-state index is -0.282. The highest BCUT2D eigenvalue weighted by Crippen LogP contribution is 2.36. The number of ether oxygens (including phenoxy) is 1. The Kier molecular flexibility index (Phi) is 1.77. The number of methoxy groups -OCH3 is 1. The maximum atomic E-state index is 9.55. The highest BCUT2D eigenvalue weighted by molar-refractivity contribution is 5.44. The molecule has 0 fully saturated rings. The van der Waals surface area contributed by atoms with E-state index in [4.69, 9.17) is 4.74 Å². The molecule has 1 aliphatic carbocycles. The zero-order valence-corrected chi connectivity index (χ0v) is 7.08. The van der Waals surface area contributed by atoms with Gasteiger partial charge in [0.25, 0.3) is 0 Å². The van der Waals surface area contributed by atoms with E-state index in [0.29, 0.717) is 0 Å². The van der Waals surface area contributed by atoms with Gasteiger partial charge in [-0.15, -0.1) is 0 Å². The van der Waals surface area contributed by atoms with Gasteiger partial charge in [0.15, 0.2) is 0 Å². The molecule has 0 heterocycles. The van der Waals surface area contributed by atoms with Crippen LogP contribution in [0.25, 0.3) is 0 Å². The van der Waals surface area contributed by atoms with Gasteiger partial charge in [-0.25, -0.2) is 0 Å². The van der Waals surface area contributed by atoms with Gasteiger partial charge >= 0.3 is 0 Å². The number of aliphatic hydroxyl groups excluding tert-OH is 1. The molecule has 2 heteroatoms. The molecule has 1 aliphatic rings. The van der Waals surface area contributed by atoms with Crippen molar-refractivity contribution in [2.24, 2.45) is 0 Å². The van der Waals surface area contributed by atoms with Gasteiger partial charge in [0.1, 0.15) is 5.75 Å². The number of hydrogen-bond acceptors (Lipinski definition) is 2. The molecule has 1 aromatic rings. The SMILES string of the molecule is COc1cccc2c1CC[C@H]2O. The van der Waals surface area contributed by atoms with E-state index in [1.807, 2.05) is 18.2 Å². The summed E-state index contributed by atoms with van der Waals surface area (Å²) in [7, 11) is 1.67. The fraction of sp³-hybridized carbons (Fsp3) is 0.400. The first kappa shape index (κ1) is 7.62. The molecule has 1 N–H and O–H groups in total. The first-order valence-electron chi connectivity index (χ1n) is 4.17. The summed E-state index contributed by atoms with van der Waals surface area (Å²) in [6, 6.07) is 5.83. The second-order valence-electron chi connectivity index (χ2n) is 3.08. The lowest BCUT2D eigenvalue weighted by atomic mass is 10.1. The number of fused-ring (bicyclic) bond motifs is 1. The van der Waals surface area contributed by atoms with Crippen LogP contribution in [-0.4, -0.2) is 12.2 Å². The molecule has 0 unspecified atom stereocenters. The molecule has 0 saturated carbocycles. The van der Waals surface area contributed by atoms with Crippen molar-refractivity contribution in [2.75, 3.05) is 7.11 Å². The molecule has 0 amide bonds. The molecule has 2 rings (SSSR count). The second-order valence-corrected chi connectivity index (χ2v) is 3.08. The zero-order valence-electron chi connectivity index (χ0n) is 7.08. The Hall–Kier alpha value is -1.02. The van der Waals surface area contributed by atoms with Crippen molar-refractivity contribution in [3.05, 3.63) is 29.3 Å². The van der Waals surface area contributed by atoms with Gasteiger partial charge < -0.3 is 9.84 Å². The fourth-order valence-corrected chi connectivity index (χ4v) is 1.79. The molecule has 0 radical (unpaired) electrons. The lowest BCUT2D eigenvalue weighted by Gasteiger charge is -2.07. The summed E-state index contributed by atoms with van der Waals surface area (Å²) < 4.78 is 5.19. The van der Waals surface area contributed by atoms with Crippen molar-refractivity contribution < 1.29 is 9.84 Å². The van der Waals surface area contributed by atoms with Crippen LogP contribution < -0.4 is 4.74 Å². The fourth-order valence-electron chi connectivity index (χ4n) is 1.79. The normalized spacial score (nSPS) is 20.7. The van der Waals surface area contributed by atoms with Gasteiger partial charge in [-0.3, -0.25) is 0 Å². The van der Waals surface area contributed by atoms with Crippen molar-refractivity contribution in [2.45, 2.75) is 18.9 Å². The Bertz CT molecular complexity index is 294. The summed E-state index contributed by atoms with van der Waals surface area (Å²) in [6.07, 6.45) is 1.48. The number of aliphatic hydroxyl groups is 1. The number of hydrogen-bond donors (Lipinski definition) is 1. The lowest BCUT2D eigenvalue weighted by molar-refractivity contribution is 0.180. The van der Waals surface area contributed by atoms with Crippen LogP contribution in [0.5, 0.6) is 5.75 Å². The zero-order chi connectivity index (χ0) is 8.55. The molecule has 0 bridgehead atoms. The standard InChI is InChI=1S/C10H12O2/c1-12-10-4-2-3-7-8(10)5-6-9(7)11/h2-4,9,11H,5-6H2,1H3/t9-/m1/s1. The quantitative estimate of drug-likeness (QED) is 0.684. The lowest BCUT2D eigenvalue weighted by Crippen LogP contribution is -1.92. The van der Waals surface area contributed by atoms with Gasteiger partial charge in [-0.2, -0.15) is 0 Å². The Balaban J connectivity index is 2.50. The van der Waals surface area contributed by atoms with Crippen LogP contribution in [0.4, 0.5) is 0 Å². The van der Waals surface area contributed by atoms with Crippen LogP contribution in [-0.2, 0) is 6.42 Å². The van der Waals surface area contributed by atoms with Gasteiger partial charge in [-0.05, 0) is 30.0 Å². The Morgan fingerprint density at radius 2 is 2.33 bits per heavy atom. The highest BCUT2D eigenvalue weighted by Gasteiger charge is 2.22. The molecule has 12 heavy (non-hydrogen) atoms. The summed E-state index contributed by atoms with van der Waals surface area (Å²) >= 11 is 0. The summed E-state index contributed by atoms with van der Waals surface area (Å²) in [4.78, 5) is 0. The number of rotatable bonds is 1. The van der Waals surface area contributed by atoms with Crippen LogP contribution >= 0.6 is 0 Å². The van der Waals surface area contributed by atoms with Crippen molar-refractivity contribution >= 4 is 0 Å². The molecule has 2 nitrogen and oxygen atoms in total. The monoisotopic (exact) mass is 164 g/mol. The van der Waals surface area contributed by atoms with Gasteiger partial charge in [-0.1, -0.05) is 12.1 Å². The summed E-state index contributed by atoms with van der Waals surface area (Å²) in [6.45, 7) is 0. The summed E-state index contributed by atoms with van der Waals surface area (Å²) in [5, 5.41) is 9.55. The third kappa shape index (κ3) is 0.994. The molecular formula is C10H12O2. The van der Waals surface area contributed by atoms with E-state index in [1.165, 1.54) is 5.56 Å². The first-order chi connectivity index (χ1) is 5.83. The topological polar surface area (TPSA) is 29.5 Å². The maximum Gasteiger partial charge on any atom is 0.122 e. The van der Waals surface area contributed by atoms with Crippen molar-refractivity contribution in [3.63, 3.8) is 0 Å². The van der Waals surface area contributed by atoms with Crippen molar-refractivity contribution in [3.8, 4) is 5.75 Å². The smallest absolute Gasteiger partial charge is 0.122 e. The van der Waals surface area contributed by atoms with Gasteiger partial charge in [0.2, 0.25) is 0 Å². The molecular weight excluding hydrogens is 152 g/mol. The molecule has 0 aromatic heterocycles. The van der Waals surface area contributed by atoms with Crippen molar-refractivity contribution in [1.82, 2.24) is 0 Å². The van der Waals surface area contributed by atoms with E-state index in [0.717, 1.165) is 24.2 Å². The van der Waals surface area contributed by atoms with E-state index in [-0.39, 0.29) is 6.10 Å².